The van der Waals surface area contributed by atoms with Crippen LogP contribution >= 0.6 is 0 Å². The fourth-order valence-electron chi connectivity index (χ4n) is 4.00. The van der Waals surface area contributed by atoms with E-state index in [0.29, 0.717) is 18.8 Å². The standard InChI is InChI=1S/C20H18N4O3/c1-26-14-5-2-4-12(8-14)19-18-15(23-20-21-11-22-24(19)20)9-13(10-16(18)25)17-6-3-7-27-17/h2-8,11,13,19H,9-10H2,1H3,(H,21,22,23)/t13-,19+/m1/s1. The van der Waals surface area contributed by atoms with Crippen molar-refractivity contribution in [2.24, 2.45) is 0 Å². The van der Waals surface area contributed by atoms with Gasteiger partial charge in [0, 0.05) is 23.6 Å². The molecule has 7 nitrogen and oxygen atoms in total. The summed E-state index contributed by atoms with van der Waals surface area (Å²) in [7, 11) is 1.63. The quantitative estimate of drug-likeness (QED) is 0.770. The lowest BCUT2D eigenvalue weighted by Crippen LogP contribution is -2.33. The molecule has 2 aromatic heterocycles. The van der Waals surface area contributed by atoms with E-state index < -0.39 is 0 Å². The van der Waals surface area contributed by atoms with Gasteiger partial charge in [0.05, 0.1) is 13.4 Å². The molecule has 2 atom stereocenters. The van der Waals surface area contributed by atoms with Crippen molar-refractivity contribution in [1.82, 2.24) is 14.8 Å². The van der Waals surface area contributed by atoms with Gasteiger partial charge in [-0.25, -0.2) is 4.68 Å². The molecule has 0 saturated carbocycles. The van der Waals surface area contributed by atoms with Crippen LogP contribution in [0.2, 0.25) is 0 Å². The topological polar surface area (TPSA) is 82.2 Å². The number of benzene rings is 1. The van der Waals surface area contributed by atoms with Crippen LogP contribution in [0, 0.1) is 0 Å². The second-order valence-electron chi connectivity index (χ2n) is 6.77. The molecule has 0 saturated heterocycles. The van der Waals surface area contributed by atoms with Gasteiger partial charge in [-0.05, 0) is 36.2 Å². The number of Topliss-reactive ketones (excluding diaryl/α,β-unsaturated/α-hetero) is 1. The van der Waals surface area contributed by atoms with Crippen LogP contribution in [-0.4, -0.2) is 27.7 Å². The number of allylic oxidation sites excluding steroid dienone is 2. The van der Waals surface area contributed by atoms with Gasteiger partial charge in [0.1, 0.15) is 23.9 Å². The lowest BCUT2D eigenvalue weighted by Gasteiger charge is -2.34. The number of ketones is 1. The molecule has 0 amide bonds. The summed E-state index contributed by atoms with van der Waals surface area (Å²) in [5, 5.41) is 7.67. The van der Waals surface area contributed by atoms with Crippen molar-refractivity contribution in [2.75, 3.05) is 12.4 Å². The lowest BCUT2D eigenvalue weighted by atomic mass is 9.79. The summed E-state index contributed by atoms with van der Waals surface area (Å²) in [6, 6.07) is 11.2. The van der Waals surface area contributed by atoms with Crippen molar-refractivity contribution in [1.29, 1.82) is 0 Å². The van der Waals surface area contributed by atoms with Gasteiger partial charge >= 0.3 is 0 Å². The van der Waals surface area contributed by atoms with Gasteiger partial charge in [-0.2, -0.15) is 10.1 Å². The molecule has 0 radical (unpaired) electrons. The highest BCUT2D eigenvalue weighted by Crippen LogP contribution is 2.44. The van der Waals surface area contributed by atoms with Gasteiger partial charge in [0.15, 0.2) is 5.78 Å². The van der Waals surface area contributed by atoms with Crippen molar-refractivity contribution in [3.63, 3.8) is 0 Å². The van der Waals surface area contributed by atoms with E-state index in [4.69, 9.17) is 9.15 Å². The fraction of sp³-hybridized carbons (Fsp3) is 0.250. The van der Waals surface area contributed by atoms with Gasteiger partial charge in [0.2, 0.25) is 5.95 Å². The first-order valence-corrected chi connectivity index (χ1v) is 8.84. The van der Waals surface area contributed by atoms with Crippen LogP contribution in [-0.2, 0) is 4.79 Å². The summed E-state index contributed by atoms with van der Waals surface area (Å²) in [6.07, 6.45) is 4.26. The minimum Gasteiger partial charge on any atom is -0.497 e. The summed E-state index contributed by atoms with van der Waals surface area (Å²) >= 11 is 0. The molecule has 136 valence electrons. The molecule has 0 unspecified atom stereocenters. The third-order valence-corrected chi connectivity index (χ3v) is 5.22. The maximum Gasteiger partial charge on any atom is 0.226 e. The van der Waals surface area contributed by atoms with Crippen LogP contribution in [0.5, 0.6) is 5.75 Å². The monoisotopic (exact) mass is 362 g/mol. The average molecular weight is 362 g/mol. The highest BCUT2D eigenvalue weighted by Gasteiger charge is 2.39. The van der Waals surface area contributed by atoms with Crippen LogP contribution in [0.1, 0.15) is 36.1 Å². The Bertz CT molecular complexity index is 1040. The van der Waals surface area contributed by atoms with Crippen LogP contribution in [0.3, 0.4) is 0 Å². The number of carbonyl (C=O) groups excluding carboxylic acids is 1. The molecular formula is C20H18N4O3. The van der Waals surface area contributed by atoms with E-state index in [-0.39, 0.29) is 17.7 Å². The normalized spacial score (nSPS) is 21.4. The molecule has 27 heavy (non-hydrogen) atoms. The summed E-state index contributed by atoms with van der Waals surface area (Å²) in [5.41, 5.74) is 2.57. The Balaban J connectivity index is 1.62. The zero-order valence-electron chi connectivity index (χ0n) is 14.8. The Morgan fingerprint density at radius 2 is 2.19 bits per heavy atom. The van der Waals surface area contributed by atoms with Gasteiger partial charge in [-0.3, -0.25) is 4.79 Å². The summed E-state index contributed by atoms with van der Waals surface area (Å²) in [5.74, 6) is 2.33. The Labute approximate surface area is 155 Å². The molecule has 0 spiro atoms. The largest absolute Gasteiger partial charge is 0.497 e. The molecule has 0 bridgehead atoms. The number of aromatic nitrogens is 3. The van der Waals surface area contributed by atoms with Crippen molar-refractivity contribution in [3.05, 3.63) is 71.6 Å². The Morgan fingerprint density at radius 1 is 1.26 bits per heavy atom. The number of furan rings is 1. The first kappa shape index (κ1) is 15.9. The average Bonchev–Trinajstić information content (AvgIpc) is 3.38. The molecule has 1 aromatic carbocycles. The van der Waals surface area contributed by atoms with E-state index in [1.54, 1.807) is 18.1 Å². The van der Waals surface area contributed by atoms with Crippen molar-refractivity contribution in [3.8, 4) is 5.75 Å². The maximum atomic E-state index is 13.2. The zero-order valence-corrected chi connectivity index (χ0v) is 14.8. The molecular weight excluding hydrogens is 344 g/mol. The zero-order chi connectivity index (χ0) is 18.4. The van der Waals surface area contributed by atoms with Crippen molar-refractivity contribution >= 4 is 11.7 Å². The van der Waals surface area contributed by atoms with Crippen LogP contribution in [0.25, 0.3) is 0 Å². The number of anilines is 1. The first-order chi connectivity index (χ1) is 13.2. The van der Waals surface area contributed by atoms with Crippen molar-refractivity contribution < 1.29 is 13.9 Å². The summed E-state index contributed by atoms with van der Waals surface area (Å²) < 4.78 is 12.7. The van der Waals surface area contributed by atoms with Crippen molar-refractivity contribution in [2.45, 2.75) is 24.8 Å². The molecule has 5 rings (SSSR count). The summed E-state index contributed by atoms with van der Waals surface area (Å²) in [6.45, 7) is 0. The van der Waals surface area contributed by atoms with Gasteiger partial charge in [0.25, 0.3) is 0 Å². The predicted octanol–water partition coefficient (Wildman–Crippen LogP) is 3.30. The van der Waals surface area contributed by atoms with E-state index in [0.717, 1.165) is 28.3 Å². The maximum absolute atomic E-state index is 13.2. The highest BCUT2D eigenvalue weighted by atomic mass is 16.5. The van der Waals surface area contributed by atoms with Crippen LogP contribution < -0.4 is 10.1 Å². The third-order valence-electron chi connectivity index (χ3n) is 5.22. The smallest absolute Gasteiger partial charge is 0.226 e. The second kappa shape index (κ2) is 6.12. The number of hydrogen-bond acceptors (Lipinski definition) is 6. The molecule has 1 aliphatic carbocycles. The number of methoxy groups -OCH3 is 1. The SMILES string of the molecule is COc1cccc([C@H]2C3=C(C[C@@H](c4ccco4)CC3=O)Nc3ncnn32)c1. The van der Waals surface area contributed by atoms with E-state index in [2.05, 4.69) is 15.4 Å². The Kier molecular flexibility index (Phi) is 3.60. The number of carbonyl (C=O) groups is 1. The molecule has 1 aliphatic heterocycles. The second-order valence-corrected chi connectivity index (χ2v) is 6.77. The Hall–Kier alpha value is -3.35. The third kappa shape index (κ3) is 2.54. The minimum atomic E-state index is -0.320. The molecule has 3 aromatic rings. The Morgan fingerprint density at radius 3 is 3.00 bits per heavy atom. The fourth-order valence-corrected chi connectivity index (χ4v) is 4.00. The number of nitrogens with zero attached hydrogens (tertiary/aromatic N) is 3. The molecule has 2 aliphatic rings. The molecule has 1 N–H and O–H groups in total. The van der Waals surface area contributed by atoms with Gasteiger partial charge in [-0.15, -0.1) is 0 Å². The highest BCUT2D eigenvalue weighted by molar-refractivity contribution is 6.00. The van der Waals surface area contributed by atoms with Gasteiger partial charge < -0.3 is 14.5 Å². The number of rotatable bonds is 3. The molecule has 0 fully saturated rings. The first-order valence-electron chi connectivity index (χ1n) is 8.84. The summed E-state index contributed by atoms with van der Waals surface area (Å²) in [4.78, 5) is 17.5. The minimum absolute atomic E-state index is 0.0270. The van der Waals surface area contributed by atoms with E-state index >= 15 is 0 Å². The van der Waals surface area contributed by atoms with E-state index in [1.165, 1.54) is 6.33 Å². The van der Waals surface area contributed by atoms with E-state index in [9.17, 15) is 4.79 Å². The molecule has 3 heterocycles. The lowest BCUT2D eigenvalue weighted by molar-refractivity contribution is -0.117. The predicted molar refractivity (Wildman–Crippen MR) is 97.5 cm³/mol. The van der Waals surface area contributed by atoms with Gasteiger partial charge in [-0.1, -0.05) is 12.1 Å². The molecule has 7 heteroatoms. The van der Waals surface area contributed by atoms with Crippen LogP contribution in [0.15, 0.2) is 64.7 Å². The van der Waals surface area contributed by atoms with E-state index in [1.807, 2.05) is 36.4 Å². The van der Waals surface area contributed by atoms with Crippen LogP contribution in [0.4, 0.5) is 5.95 Å². The number of hydrogen-bond donors (Lipinski definition) is 1. The number of nitrogens with one attached hydrogen (secondary N) is 1. The number of fused-ring (bicyclic) bond motifs is 1. The number of ether oxygens (including phenoxy) is 1.